The Bertz CT molecular complexity index is 623. The van der Waals surface area contributed by atoms with E-state index in [1.54, 1.807) is 0 Å². The van der Waals surface area contributed by atoms with Gasteiger partial charge in [-0.05, 0) is 25.3 Å². The van der Waals surface area contributed by atoms with Gasteiger partial charge < -0.3 is 15.5 Å². The smallest absolute Gasteiger partial charge is 0.317 e. The molecule has 0 aromatic heterocycles. The first-order valence-corrected chi connectivity index (χ1v) is 10.4. The number of benzene rings is 1. The molecule has 0 atom stereocenters. The summed E-state index contributed by atoms with van der Waals surface area (Å²) in [6, 6.07) is 10.8. The summed E-state index contributed by atoms with van der Waals surface area (Å²) in [6.07, 6.45) is 1.99. The Morgan fingerprint density at radius 3 is 2.29 bits per heavy atom. The van der Waals surface area contributed by atoms with E-state index in [9.17, 15) is 9.59 Å². The molecule has 0 aliphatic carbocycles. The van der Waals surface area contributed by atoms with Crippen molar-refractivity contribution in [2.45, 2.75) is 32.4 Å². The summed E-state index contributed by atoms with van der Waals surface area (Å²) >= 11 is 0. The third-order valence-electron chi connectivity index (χ3n) is 5.56. The van der Waals surface area contributed by atoms with Gasteiger partial charge in [-0.1, -0.05) is 30.3 Å². The topological polar surface area (TPSA) is 67.9 Å². The molecule has 7 heteroatoms. The summed E-state index contributed by atoms with van der Waals surface area (Å²) in [6.45, 7) is 8.87. The minimum atomic E-state index is 0.0409. The summed E-state index contributed by atoms with van der Waals surface area (Å²) in [4.78, 5) is 30.7. The van der Waals surface area contributed by atoms with Crippen molar-refractivity contribution in [1.29, 1.82) is 0 Å². The van der Waals surface area contributed by atoms with Crippen LogP contribution >= 0.6 is 0 Å². The molecule has 0 unspecified atom stereocenters. The molecule has 2 N–H and O–H groups in total. The lowest BCUT2D eigenvalue weighted by Gasteiger charge is -2.37. The Kier molecular flexibility index (Phi) is 7.68. The molecule has 154 valence electrons. The normalized spacial score (nSPS) is 19.4. The van der Waals surface area contributed by atoms with Crippen LogP contribution in [0.1, 0.15) is 25.3 Å². The lowest BCUT2D eigenvalue weighted by Crippen LogP contribution is -2.55. The summed E-state index contributed by atoms with van der Waals surface area (Å²) in [7, 11) is 0. The minimum absolute atomic E-state index is 0.0409. The molecule has 3 rings (SSSR count). The number of hydrogen-bond donors (Lipinski definition) is 2. The average Bonchev–Trinajstić information content (AvgIpc) is 2.71. The minimum Gasteiger partial charge on any atom is -0.355 e. The van der Waals surface area contributed by atoms with Gasteiger partial charge in [-0.2, -0.15) is 0 Å². The molecular formula is C21H33N5O2. The van der Waals surface area contributed by atoms with Gasteiger partial charge in [0.2, 0.25) is 5.91 Å². The van der Waals surface area contributed by atoms with Gasteiger partial charge in [-0.25, -0.2) is 4.79 Å². The van der Waals surface area contributed by atoms with E-state index in [1.807, 2.05) is 17.9 Å². The highest BCUT2D eigenvalue weighted by molar-refractivity contribution is 5.78. The maximum absolute atomic E-state index is 12.6. The first-order chi connectivity index (χ1) is 13.6. The molecule has 2 aliphatic rings. The molecule has 2 aliphatic heterocycles. The van der Waals surface area contributed by atoms with E-state index in [2.05, 4.69) is 44.7 Å². The number of piperidine rings is 1. The zero-order valence-corrected chi connectivity index (χ0v) is 16.9. The van der Waals surface area contributed by atoms with Crippen molar-refractivity contribution in [3.8, 4) is 0 Å². The van der Waals surface area contributed by atoms with Crippen molar-refractivity contribution in [3.05, 3.63) is 35.9 Å². The van der Waals surface area contributed by atoms with Gasteiger partial charge in [0.25, 0.3) is 0 Å². The molecule has 2 saturated heterocycles. The number of hydrogen-bond acceptors (Lipinski definition) is 4. The molecule has 2 heterocycles. The summed E-state index contributed by atoms with van der Waals surface area (Å²) in [5, 5.41) is 6.03. The number of urea groups is 1. The molecule has 3 amide bonds. The monoisotopic (exact) mass is 387 g/mol. The Morgan fingerprint density at radius 2 is 1.64 bits per heavy atom. The number of nitrogens with one attached hydrogen (secondary N) is 2. The number of rotatable bonds is 6. The standard InChI is InChI=1S/C21H33N5O2/c1-2-22-20(27)17-25-12-14-26(15-13-25)21(28)23-19-8-10-24(11-9-19)16-18-6-4-3-5-7-18/h3-7,19H,2,8-17H2,1H3,(H,22,27)(H,23,28). The summed E-state index contributed by atoms with van der Waals surface area (Å²) in [5.74, 6) is 0.0580. The Balaban J connectivity index is 1.34. The number of carbonyl (C=O) groups excluding carboxylic acids is 2. The van der Waals surface area contributed by atoms with Crippen LogP contribution in [-0.2, 0) is 11.3 Å². The van der Waals surface area contributed by atoms with E-state index >= 15 is 0 Å². The Morgan fingerprint density at radius 1 is 0.964 bits per heavy atom. The van der Waals surface area contributed by atoms with Gasteiger partial charge in [0.1, 0.15) is 0 Å². The van der Waals surface area contributed by atoms with Crippen LogP contribution in [0.4, 0.5) is 4.79 Å². The Labute approximate surface area is 168 Å². The SMILES string of the molecule is CCNC(=O)CN1CCN(C(=O)NC2CCN(Cc3ccccc3)CC2)CC1. The molecule has 28 heavy (non-hydrogen) atoms. The molecule has 0 radical (unpaired) electrons. The van der Waals surface area contributed by atoms with E-state index in [0.29, 0.717) is 26.2 Å². The average molecular weight is 388 g/mol. The Hall–Kier alpha value is -2.12. The van der Waals surface area contributed by atoms with Crippen LogP contribution in [0.25, 0.3) is 0 Å². The third-order valence-corrected chi connectivity index (χ3v) is 5.56. The van der Waals surface area contributed by atoms with Crippen molar-refractivity contribution < 1.29 is 9.59 Å². The molecule has 1 aromatic carbocycles. The highest BCUT2D eigenvalue weighted by atomic mass is 16.2. The van der Waals surface area contributed by atoms with Crippen LogP contribution < -0.4 is 10.6 Å². The number of nitrogens with zero attached hydrogens (tertiary/aromatic N) is 3. The molecule has 0 bridgehead atoms. The predicted octanol–water partition coefficient (Wildman–Crippen LogP) is 1.11. The van der Waals surface area contributed by atoms with Gasteiger partial charge in [-0.3, -0.25) is 14.6 Å². The van der Waals surface area contributed by atoms with Crippen LogP contribution in [0.15, 0.2) is 30.3 Å². The number of amides is 3. The van der Waals surface area contributed by atoms with E-state index in [-0.39, 0.29) is 18.0 Å². The molecule has 2 fully saturated rings. The zero-order chi connectivity index (χ0) is 19.8. The zero-order valence-electron chi connectivity index (χ0n) is 16.9. The highest BCUT2D eigenvalue weighted by Gasteiger charge is 2.26. The van der Waals surface area contributed by atoms with Gasteiger partial charge in [0.05, 0.1) is 6.54 Å². The van der Waals surface area contributed by atoms with Gasteiger partial charge in [0.15, 0.2) is 0 Å². The molecule has 0 spiro atoms. The van der Waals surface area contributed by atoms with Crippen LogP contribution in [0.2, 0.25) is 0 Å². The van der Waals surface area contributed by atoms with Crippen molar-refractivity contribution in [1.82, 2.24) is 25.3 Å². The molecule has 0 saturated carbocycles. The second kappa shape index (κ2) is 10.4. The van der Waals surface area contributed by atoms with Crippen molar-refractivity contribution in [2.24, 2.45) is 0 Å². The lowest BCUT2D eigenvalue weighted by molar-refractivity contribution is -0.122. The first kappa shape index (κ1) is 20.6. The molecular weight excluding hydrogens is 354 g/mol. The van der Waals surface area contributed by atoms with Crippen molar-refractivity contribution in [2.75, 3.05) is 52.4 Å². The number of likely N-dealkylation sites (tertiary alicyclic amines) is 1. The molecule has 7 nitrogen and oxygen atoms in total. The number of piperazine rings is 1. The van der Waals surface area contributed by atoms with Crippen LogP contribution in [0, 0.1) is 0 Å². The first-order valence-electron chi connectivity index (χ1n) is 10.4. The van der Waals surface area contributed by atoms with Crippen LogP contribution in [0.5, 0.6) is 0 Å². The number of likely N-dealkylation sites (N-methyl/N-ethyl adjacent to an activating group) is 1. The van der Waals surface area contributed by atoms with Crippen LogP contribution in [0.3, 0.4) is 0 Å². The fraction of sp³-hybridized carbons (Fsp3) is 0.619. The van der Waals surface area contributed by atoms with Crippen molar-refractivity contribution >= 4 is 11.9 Å². The van der Waals surface area contributed by atoms with E-state index < -0.39 is 0 Å². The fourth-order valence-corrected chi connectivity index (χ4v) is 3.91. The van der Waals surface area contributed by atoms with E-state index in [1.165, 1.54) is 5.56 Å². The van der Waals surface area contributed by atoms with Gasteiger partial charge >= 0.3 is 6.03 Å². The van der Waals surface area contributed by atoms with Gasteiger partial charge in [0, 0.05) is 58.4 Å². The maximum atomic E-state index is 12.6. The summed E-state index contributed by atoms with van der Waals surface area (Å²) < 4.78 is 0. The lowest BCUT2D eigenvalue weighted by atomic mass is 10.0. The summed E-state index contributed by atoms with van der Waals surface area (Å²) in [5.41, 5.74) is 1.34. The quantitative estimate of drug-likeness (QED) is 0.768. The second-order valence-electron chi connectivity index (χ2n) is 7.70. The maximum Gasteiger partial charge on any atom is 0.317 e. The highest BCUT2D eigenvalue weighted by Crippen LogP contribution is 2.14. The van der Waals surface area contributed by atoms with Crippen LogP contribution in [-0.4, -0.2) is 85.0 Å². The van der Waals surface area contributed by atoms with Crippen molar-refractivity contribution in [3.63, 3.8) is 0 Å². The molecule has 1 aromatic rings. The van der Waals surface area contributed by atoms with Gasteiger partial charge in [-0.15, -0.1) is 0 Å². The third kappa shape index (κ3) is 6.21. The largest absolute Gasteiger partial charge is 0.355 e. The predicted molar refractivity (Wildman–Crippen MR) is 110 cm³/mol. The van der Waals surface area contributed by atoms with E-state index in [0.717, 1.165) is 45.6 Å². The second-order valence-corrected chi connectivity index (χ2v) is 7.70. The van der Waals surface area contributed by atoms with E-state index in [4.69, 9.17) is 0 Å². The fourth-order valence-electron chi connectivity index (χ4n) is 3.91. The number of carbonyl (C=O) groups is 2.